The fraction of sp³-hybridized carbons (Fsp3) is 0.318. The predicted octanol–water partition coefficient (Wildman–Crippen LogP) is 3.92. The minimum atomic E-state index is -0.414. The molecule has 6 nitrogen and oxygen atoms in total. The van der Waals surface area contributed by atoms with Crippen LogP contribution in [0.4, 0.5) is 11.5 Å². The number of anilines is 2. The zero-order valence-corrected chi connectivity index (χ0v) is 17.0. The van der Waals surface area contributed by atoms with E-state index in [0.717, 1.165) is 24.9 Å². The lowest BCUT2D eigenvalue weighted by Crippen LogP contribution is -2.38. The molecule has 1 fully saturated rings. The number of hydrogen-bond acceptors (Lipinski definition) is 4. The van der Waals surface area contributed by atoms with Crippen molar-refractivity contribution in [2.75, 3.05) is 23.3 Å². The van der Waals surface area contributed by atoms with Gasteiger partial charge in [0.25, 0.3) is 0 Å². The number of carbonyl (C=O) groups is 1. The number of aromatic nitrogens is 2. The molecule has 29 heavy (non-hydrogen) atoms. The first kappa shape index (κ1) is 19.5. The molecule has 0 bridgehead atoms. The Morgan fingerprint density at radius 2 is 1.97 bits per heavy atom. The Labute approximate surface area is 174 Å². The summed E-state index contributed by atoms with van der Waals surface area (Å²) in [6.45, 7) is 3.89. The zero-order chi connectivity index (χ0) is 20.4. The van der Waals surface area contributed by atoms with Crippen LogP contribution in [-0.2, 0) is 11.3 Å². The van der Waals surface area contributed by atoms with Gasteiger partial charge in [-0.2, -0.15) is 4.98 Å². The smallest absolute Gasteiger partial charge is 0.350 e. The highest BCUT2D eigenvalue weighted by Crippen LogP contribution is 2.27. The maximum atomic E-state index is 12.8. The minimum absolute atomic E-state index is 0.106. The summed E-state index contributed by atoms with van der Waals surface area (Å²) in [5.41, 5.74) is 0.929. The number of carbonyl (C=O) groups excluding carboxylic acids is 1. The van der Waals surface area contributed by atoms with Gasteiger partial charge in [-0.1, -0.05) is 30.7 Å². The average molecular weight is 411 g/mol. The van der Waals surface area contributed by atoms with Crippen molar-refractivity contribution >= 4 is 39.9 Å². The molecule has 1 aliphatic rings. The first-order chi connectivity index (χ1) is 14.0. The normalized spacial score (nSPS) is 16.8. The Morgan fingerprint density at radius 1 is 1.21 bits per heavy atom. The number of amides is 1. The molecule has 150 valence electrons. The zero-order valence-electron chi connectivity index (χ0n) is 16.3. The number of hydrogen-bond donors (Lipinski definition) is 1. The monoisotopic (exact) mass is 410 g/mol. The number of halogens is 1. The van der Waals surface area contributed by atoms with Crippen LogP contribution in [0.15, 0.2) is 53.3 Å². The van der Waals surface area contributed by atoms with E-state index in [1.54, 1.807) is 24.3 Å². The minimum Gasteiger partial charge on any atom is -0.356 e. The van der Waals surface area contributed by atoms with E-state index in [2.05, 4.69) is 22.1 Å². The molecule has 1 aliphatic heterocycles. The molecule has 2 aromatic carbocycles. The van der Waals surface area contributed by atoms with E-state index in [1.807, 2.05) is 24.3 Å². The van der Waals surface area contributed by atoms with Gasteiger partial charge in [-0.05, 0) is 55.2 Å². The lowest BCUT2D eigenvalue weighted by molar-refractivity contribution is -0.116. The van der Waals surface area contributed by atoms with Gasteiger partial charge < -0.3 is 10.2 Å². The van der Waals surface area contributed by atoms with Crippen molar-refractivity contribution in [2.24, 2.45) is 5.92 Å². The molecule has 0 spiro atoms. The predicted molar refractivity (Wildman–Crippen MR) is 117 cm³/mol. The van der Waals surface area contributed by atoms with Gasteiger partial charge in [-0.25, -0.2) is 4.79 Å². The molecule has 0 saturated carbocycles. The van der Waals surface area contributed by atoms with Crippen LogP contribution in [0.25, 0.3) is 10.9 Å². The third-order valence-corrected chi connectivity index (χ3v) is 5.51. The molecular weight excluding hydrogens is 388 g/mol. The van der Waals surface area contributed by atoms with Crippen LogP contribution in [0, 0.1) is 5.92 Å². The van der Waals surface area contributed by atoms with Crippen molar-refractivity contribution in [3.05, 3.63) is 64.0 Å². The SMILES string of the molecule is C[C@H]1CCCN(c2nc(=O)n(CC(=O)Nc3ccc(Cl)cc3)c3ccccc23)C1. The highest BCUT2D eigenvalue weighted by Gasteiger charge is 2.21. The molecule has 0 aliphatic carbocycles. The Hall–Kier alpha value is -2.86. The van der Waals surface area contributed by atoms with Gasteiger partial charge in [0, 0.05) is 29.2 Å². The highest BCUT2D eigenvalue weighted by atomic mass is 35.5. The molecule has 1 atom stereocenters. The fourth-order valence-corrected chi connectivity index (χ4v) is 3.99. The van der Waals surface area contributed by atoms with Crippen LogP contribution in [0.1, 0.15) is 19.8 Å². The number of benzene rings is 2. The maximum absolute atomic E-state index is 12.8. The number of fused-ring (bicyclic) bond motifs is 1. The molecule has 4 rings (SSSR count). The van der Waals surface area contributed by atoms with E-state index < -0.39 is 5.69 Å². The Kier molecular flexibility index (Phi) is 5.53. The van der Waals surface area contributed by atoms with E-state index in [4.69, 9.17) is 11.6 Å². The average Bonchev–Trinajstić information content (AvgIpc) is 2.71. The summed E-state index contributed by atoms with van der Waals surface area (Å²) in [5.74, 6) is 0.990. The topological polar surface area (TPSA) is 67.2 Å². The van der Waals surface area contributed by atoms with Gasteiger partial charge >= 0.3 is 5.69 Å². The second-order valence-electron chi connectivity index (χ2n) is 7.57. The molecule has 0 unspecified atom stereocenters. The first-order valence-corrected chi connectivity index (χ1v) is 10.2. The van der Waals surface area contributed by atoms with Crippen LogP contribution < -0.4 is 15.9 Å². The summed E-state index contributed by atoms with van der Waals surface area (Å²) in [6.07, 6.45) is 2.28. The molecule has 2 heterocycles. The molecule has 3 aromatic rings. The van der Waals surface area contributed by atoms with E-state index in [1.165, 1.54) is 11.0 Å². The van der Waals surface area contributed by atoms with Crippen molar-refractivity contribution < 1.29 is 4.79 Å². The maximum Gasteiger partial charge on any atom is 0.350 e. The van der Waals surface area contributed by atoms with Crippen LogP contribution in [0.5, 0.6) is 0 Å². The summed E-state index contributed by atoms with van der Waals surface area (Å²) in [6, 6.07) is 14.5. The molecule has 1 aromatic heterocycles. The molecular formula is C22H23ClN4O2. The Balaban J connectivity index is 1.65. The van der Waals surface area contributed by atoms with Crippen LogP contribution in [0.2, 0.25) is 5.02 Å². The number of nitrogens with one attached hydrogen (secondary N) is 1. The standard InChI is InChI=1S/C22H23ClN4O2/c1-15-5-4-12-26(13-15)21-18-6-2-3-7-19(18)27(22(29)25-21)14-20(28)24-17-10-8-16(23)9-11-17/h2-3,6-11,15H,4-5,12-14H2,1H3,(H,24,28)/t15-/m0/s1. The number of piperidine rings is 1. The van der Waals surface area contributed by atoms with Crippen LogP contribution in [-0.4, -0.2) is 28.5 Å². The lowest BCUT2D eigenvalue weighted by atomic mass is 10.00. The number of nitrogens with zero attached hydrogens (tertiary/aromatic N) is 3. The third-order valence-electron chi connectivity index (χ3n) is 5.25. The van der Waals surface area contributed by atoms with Crippen molar-refractivity contribution in [1.82, 2.24) is 9.55 Å². The fourth-order valence-electron chi connectivity index (χ4n) is 3.87. The van der Waals surface area contributed by atoms with E-state index >= 15 is 0 Å². The van der Waals surface area contributed by atoms with Gasteiger partial charge in [0.15, 0.2) is 0 Å². The Morgan fingerprint density at radius 3 is 2.72 bits per heavy atom. The summed E-state index contributed by atoms with van der Waals surface area (Å²) in [5, 5.41) is 4.28. The van der Waals surface area contributed by atoms with Crippen molar-refractivity contribution in [2.45, 2.75) is 26.3 Å². The number of rotatable bonds is 4. The summed E-state index contributed by atoms with van der Waals surface area (Å²) in [4.78, 5) is 31.9. The highest BCUT2D eigenvalue weighted by molar-refractivity contribution is 6.30. The van der Waals surface area contributed by atoms with E-state index in [-0.39, 0.29) is 12.5 Å². The van der Waals surface area contributed by atoms with E-state index in [0.29, 0.717) is 28.0 Å². The Bertz CT molecular complexity index is 1090. The molecule has 0 radical (unpaired) electrons. The molecule has 1 saturated heterocycles. The van der Waals surface area contributed by atoms with Gasteiger partial charge in [-0.15, -0.1) is 0 Å². The summed E-state index contributed by atoms with van der Waals surface area (Å²) in [7, 11) is 0. The molecule has 1 amide bonds. The molecule has 1 N–H and O–H groups in total. The quantitative estimate of drug-likeness (QED) is 0.707. The van der Waals surface area contributed by atoms with Gasteiger partial charge in [0.1, 0.15) is 12.4 Å². The summed E-state index contributed by atoms with van der Waals surface area (Å²) < 4.78 is 1.43. The van der Waals surface area contributed by atoms with Crippen LogP contribution in [0.3, 0.4) is 0 Å². The van der Waals surface area contributed by atoms with Crippen molar-refractivity contribution in [1.29, 1.82) is 0 Å². The van der Waals surface area contributed by atoms with Gasteiger partial charge in [-0.3, -0.25) is 9.36 Å². The lowest BCUT2D eigenvalue weighted by Gasteiger charge is -2.32. The van der Waals surface area contributed by atoms with Gasteiger partial charge in [0.2, 0.25) is 5.91 Å². The number of para-hydroxylation sites is 1. The van der Waals surface area contributed by atoms with Gasteiger partial charge in [0.05, 0.1) is 5.52 Å². The first-order valence-electron chi connectivity index (χ1n) is 9.81. The third kappa shape index (κ3) is 4.27. The van der Waals surface area contributed by atoms with Crippen molar-refractivity contribution in [3.63, 3.8) is 0 Å². The van der Waals surface area contributed by atoms with Crippen molar-refractivity contribution in [3.8, 4) is 0 Å². The molecule has 7 heteroatoms. The van der Waals surface area contributed by atoms with E-state index in [9.17, 15) is 9.59 Å². The second-order valence-corrected chi connectivity index (χ2v) is 8.01. The van der Waals surface area contributed by atoms with Crippen LogP contribution >= 0.6 is 11.6 Å². The second kappa shape index (κ2) is 8.25. The summed E-state index contributed by atoms with van der Waals surface area (Å²) >= 11 is 5.88. The largest absolute Gasteiger partial charge is 0.356 e.